The molecule has 3 unspecified atom stereocenters. The Balaban J connectivity index is 4.80. The average Bonchev–Trinajstić information content (AvgIpc) is 3.39. The van der Waals surface area contributed by atoms with Crippen LogP contribution in [0.5, 0.6) is 0 Å². The first-order valence-electron chi connectivity index (χ1n) is 29.8. The summed E-state index contributed by atoms with van der Waals surface area (Å²) in [5.74, 6) is -1.53. The molecule has 428 valence electrons. The van der Waals surface area contributed by atoms with Crippen molar-refractivity contribution < 1.29 is 52.2 Å². The van der Waals surface area contributed by atoms with Crippen molar-refractivity contribution in [2.45, 2.75) is 277 Å². The van der Waals surface area contributed by atoms with Crippen LogP contribution < -0.4 is 0 Å². The minimum atomic E-state index is -4.76. The molecule has 12 heteroatoms. The zero-order valence-electron chi connectivity index (χ0n) is 47.3. The van der Waals surface area contributed by atoms with E-state index >= 15 is 0 Å². The van der Waals surface area contributed by atoms with Crippen LogP contribution in [0.15, 0.2) is 72.9 Å². The quantitative estimate of drug-likeness (QED) is 0.0197. The second kappa shape index (κ2) is 56.1. The number of phosphoric ester groups is 1. The topological polar surface area (TPSA) is 155 Å². The first kappa shape index (κ1) is 70.9. The molecular formula is C62H109O11P. The Bertz CT molecular complexity index is 1520. The number of ether oxygens (including phenoxy) is 3. The standard InChI is InChI=1S/C62H109O11P/c1-4-7-10-13-16-19-22-25-27-29-31-34-36-39-42-45-48-51-60(64)69-55-59(73-62(66)53-50-47-44-41-38-35-32-30-28-26-23-20-17-14-11-8-5-2)57-71-74(67,68)70-56-58(54-63)72-61(65)52-49-46-43-40-37-33-24-21-18-15-12-9-6-3/h7,10,16,19,25-28,31,34,39,42,58-59,63H,4-6,8-9,11-15,17-18,20-24,29-30,32-33,35-38,40-41,43-57H2,1-3H3,(H,67,68)/b10-7-,19-16-,27-25-,28-26-,34-31-,42-39-. The molecule has 0 aliphatic heterocycles. The predicted molar refractivity (Wildman–Crippen MR) is 307 cm³/mol. The first-order valence-corrected chi connectivity index (χ1v) is 31.3. The summed E-state index contributed by atoms with van der Waals surface area (Å²) in [5.41, 5.74) is 0. The number of allylic oxidation sites excluding steroid dienone is 12. The Morgan fingerprint density at radius 2 is 0.716 bits per heavy atom. The van der Waals surface area contributed by atoms with E-state index in [1.807, 2.05) is 6.08 Å². The van der Waals surface area contributed by atoms with E-state index in [4.69, 9.17) is 23.3 Å². The Morgan fingerprint density at radius 3 is 1.14 bits per heavy atom. The van der Waals surface area contributed by atoms with Crippen LogP contribution in [0.3, 0.4) is 0 Å². The molecule has 0 rings (SSSR count). The number of carbonyl (C=O) groups excluding carboxylic acids is 3. The molecule has 0 bridgehead atoms. The van der Waals surface area contributed by atoms with Crippen LogP contribution in [0.25, 0.3) is 0 Å². The van der Waals surface area contributed by atoms with E-state index in [1.54, 1.807) is 0 Å². The van der Waals surface area contributed by atoms with Crippen molar-refractivity contribution in [2.24, 2.45) is 0 Å². The lowest BCUT2D eigenvalue weighted by Crippen LogP contribution is -2.30. The van der Waals surface area contributed by atoms with E-state index in [1.165, 1.54) is 116 Å². The van der Waals surface area contributed by atoms with E-state index in [0.29, 0.717) is 25.7 Å². The second-order valence-corrected chi connectivity index (χ2v) is 21.2. The lowest BCUT2D eigenvalue weighted by Gasteiger charge is -2.21. The van der Waals surface area contributed by atoms with E-state index in [2.05, 4.69) is 87.6 Å². The molecule has 0 radical (unpaired) electrons. The highest BCUT2D eigenvalue weighted by atomic mass is 31.2. The third-order valence-electron chi connectivity index (χ3n) is 12.6. The third kappa shape index (κ3) is 53.7. The number of unbranched alkanes of at least 4 members (excludes halogenated alkanes) is 26. The molecule has 0 aliphatic carbocycles. The van der Waals surface area contributed by atoms with Gasteiger partial charge in [-0.2, -0.15) is 0 Å². The monoisotopic (exact) mass is 1060 g/mol. The Labute approximate surface area is 452 Å². The molecule has 0 spiro atoms. The van der Waals surface area contributed by atoms with Crippen molar-refractivity contribution in [1.29, 1.82) is 0 Å². The van der Waals surface area contributed by atoms with Crippen molar-refractivity contribution in [3.8, 4) is 0 Å². The molecule has 74 heavy (non-hydrogen) atoms. The number of aliphatic hydroxyl groups excluding tert-OH is 1. The predicted octanol–water partition coefficient (Wildman–Crippen LogP) is 17.7. The van der Waals surface area contributed by atoms with E-state index in [-0.39, 0.29) is 25.9 Å². The maximum atomic E-state index is 12.9. The van der Waals surface area contributed by atoms with Gasteiger partial charge in [0.05, 0.1) is 19.8 Å². The van der Waals surface area contributed by atoms with Gasteiger partial charge in [-0.05, 0) is 83.5 Å². The van der Waals surface area contributed by atoms with Crippen molar-refractivity contribution in [3.05, 3.63) is 72.9 Å². The van der Waals surface area contributed by atoms with Crippen molar-refractivity contribution in [3.63, 3.8) is 0 Å². The SMILES string of the molecule is CC/C=C\C/C=C\C/C=C\C/C=C\C/C=C\CCCC(=O)OCC(COP(=O)(O)OCC(CO)OC(=O)CCCCCCCCCCCCCCC)OC(=O)CCCCCCCCC/C=C\CCCCCCCC. The summed E-state index contributed by atoms with van der Waals surface area (Å²) in [7, 11) is -4.76. The Kier molecular flexibility index (Phi) is 53.8. The number of hydrogen-bond acceptors (Lipinski definition) is 10. The summed E-state index contributed by atoms with van der Waals surface area (Å²) in [6.45, 7) is 4.48. The lowest BCUT2D eigenvalue weighted by molar-refractivity contribution is -0.161. The van der Waals surface area contributed by atoms with Gasteiger partial charge in [0.2, 0.25) is 0 Å². The molecule has 11 nitrogen and oxygen atoms in total. The number of esters is 3. The van der Waals surface area contributed by atoms with Crippen LogP contribution in [0.2, 0.25) is 0 Å². The van der Waals surface area contributed by atoms with Gasteiger partial charge in [-0.25, -0.2) is 4.57 Å². The van der Waals surface area contributed by atoms with Gasteiger partial charge in [-0.1, -0.05) is 235 Å². The zero-order valence-corrected chi connectivity index (χ0v) is 48.2. The third-order valence-corrected chi connectivity index (χ3v) is 13.6. The summed E-state index contributed by atoms with van der Waals surface area (Å²) in [6.07, 6.45) is 62.9. The number of phosphoric acid groups is 1. The van der Waals surface area contributed by atoms with Crippen LogP contribution in [-0.4, -0.2) is 66.5 Å². The number of hydrogen-bond donors (Lipinski definition) is 2. The largest absolute Gasteiger partial charge is 0.472 e. The highest BCUT2D eigenvalue weighted by Crippen LogP contribution is 2.43. The summed E-state index contributed by atoms with van der Waals surface area (Å²) in [5, 5.41) is 9.81. The van der Waals surface area contributed by atoms with Gasteiger partial charge < -0.3 is 24.2 Å². The molecule has 0 aromatic rings. The van der Waals surface area contributed by atoms with Gasteiger partial charge in [-0.15, -0.1) is 0 Å². The lowest BCUT2D eigenvalue weighted by atomic mass is 10.0. The average molecular weight is 1060 g/mol. The van der Waals surface area contributed by atoms with Crippen LogP contribution in [0.4, 0.5) is 0 Å². The van der Waals surface area contributed by atoms with Gasteiger partial charge in [0, 0.05) is 19.3 Å². The van der Waals surface area contributed by atoms with Crippen molar-refractivity contribution in [2.75, 3.05) is 26.4 Å². The molecular weight excluding hydrogens is 952 g/mol. The smallest absolute Gasteiger partial charge is 0.462 e. The zero-order chi connectivity index (χ0) is 54.1. The normalized spacial score (nSPS) is 13.9. The van der Waals surface area contributed by atoms with E-state index in [0.717, 1.165) is 83.5 Å². The minimum absolute atomic E-state index is 0.147. The molecule has 0 amide bonds. The summed E-state index contributed by atoms with van der Waals surface area (Å²) >= 11 is 0. The van der Waals surface area contributed by atoms with Gasteiger partial charge in [0.1, 0.15) is 12.7 Å². The fourth-order valence-electron chi connectivity index (χ4n) is 8.09. The molecule has 0 aromatic carbocycles. The van der Waals surface area contributed by atoms with Gasteiger partial charge in [-0.3, -0.25) is 23.4 Å². The van der Waals surface area contributed by atoms with Crippen LogP contribution >= 0.6 is 7.82 Å². The molecule has 3 atom stereocenters. The molecule has 0 aromatic heterocycles. The molecule has 0 aliphatic rings. The molecule has 0 saturated carbocycles. The minimum Gasteiger partial charge on any atom is -0.462 e. The van der Waals surface area contributed by atoms with Gasteiger partial charge in [0.15, 0.2) is 6.10 Å². The number of aliphatic hydroxyl groups is 1. The molecule has 0 saturated heterocycles. The molecule has 0 heterocycles. The van der Waals surface area contributed by atoms with Crippen LogP contribution in [-0.2, 0) is 42.2 Å². The fourth-order valence-corrected chi connectivity index (χ4v) is 8.88. The number of rotatable bonds is 55. The maximum absolute atomic E-state index is 12.9. The summed E-state index contributed by atoms with van der Waals surface area (Å²) in [4.78, 5) is 48.6. The van der Waals surface area contributed by atoms with Crippen LogP contribution in [0.1, 0.15) is 265 Å². The molecule has 0 fully saturated rings. The van der Waals surface area contributed by atoms with Gasteiger partial charge >= 0.3 is 25.7 Å². The summed E-state index contributed by atoms with van der Waals surface area (Å²) < 4.78 is 39.5. The molecule has 2 N–H and O–H groups in total. The number of carbonyl (C=O) groups is 3. The van der Waals surface area contributed by atoms with E-state index in [9.17, 15) is 28.9 Å². The summed E-state index contributed by atoms with van der Waals surface area (Å²) in [6, 6.07) is 0. The second-order valence-electron chi connectivity index (χ2n) is 19.8. The van der Waals surface area contributed by atoms with Crippen molar-refractivity contribution in [1.82, 2.24) is 0 Å². The van der Waals surface area contributed by atoms with E-state index < -0.39 is 57.8 Å². The highest BCUT2D eigenvalue weighted by molar-refractivity contribution is 7.47. The van der Waals surface area contributed by atoms with Crippen molar-refractivity contribution >= 4 is 25.7 Å². The van der Waals surface area contributed by atoms with Crippen LogP contribution in [0, 0.1) is 0 Å². The van der Waals surface area contributed by atoms with Gasteiger partial charge in [0.25, 0.3) is 0 Å². The Hall–Kier alpha value is -3.08. The maximum Gasteiger partial charge on any atom is 0.472 e. The highest BCUT2D eigenvalue weighted by Gasteiger charge is 2.28. The Morgan fingerprint density at radius 1 is 0.392 bits per heavy atom. The fraction of sp³-hybridized carbons (Fsp3) is 0.758. The first-order chi connectivity index (χ1) is 36.2.